The molecule has 15 heavy (non-hydrogen) atoms. The molecule has 0 saturated carbocycles. The van der Waals surface area contributed by atoms with Gasteiger partial charge in [-0.15, -0.1) is 5.10 Å². The summed E-state index contributed by atoms with van der Waals surface area (Å²) in [4.78, 5) is 4.24. The molecule has 2 heterocycles. The van der Waals surface area contributed by atoms with Gasteiger partial charge in [0.05, 0.1) is 7.11 Å². The molecule has 5 heteroatoms. The summed E-state index contributed by atoms with van der Waals surface area (Å²) >= 11 is 0. The van der Waals surface area contributed by atoms with E-state index in [1.807, 2.05) is 25.3 Å². The van der Waals surface area contributed by atoms with Gasteiger partial charge in [0.2, 0.25) is 5.88 Å². The molecule has 78 valence electrons. The average molecular weight is 204 g/mol. The lowest BCUT2D eigenvalue weighted by Gasteiger charge is -2.02. The molecule has 2 aromatic heterocycles. The number of aryl methyl sites for hydroxylation is 1. The van der Waals surface area contributed by atoms with Gasteiger partial charge in [-0.2, -0.15) is 4.98 Å². The Morgan fingerprint density at radius 1 is 1.40 bits per heavy atom. The fraction of sp³-hybridized carbons (Fsp3) is 0.200. The van der Waals surface area contributed by atoms with Gasteiger partial charge in [-0.05, 0) is 13.0 Å². The Kier molecular flexibility index (Phi) is 2.29. The molecule has 0 aliphatic carbocycles. The number of nitrogens with two attached hydrogens (primary N) is 1. The smallest absolute Gasteiger partial charge is 0.214 e. The summed E-state index contributed by atoms with van der Waals surface area (Å²) in [6.45, 7) is 1.90. The average Bonchev–Trinajstić information content (AvgIpc) is 2.59. The fourth-order valence-corrected chi connectivity index (χ4v) is 1.24. The Balaban J connectivity index is 2.44. The third-order valence-electron chi connectivity index (χ3n) is 2.09. The summed E-state index contributed by atoms with van der Waals surface area (Å²) in [5.74, 6) is 1.76. The topological polar surface area (TPSA) is 66.0 Å². The van der Waals surface area contributed by atoms with E-state index in [2.05, 4.69) is 10.1 Å². The fourth-order valence-electron chi connectivity index (χ4n) is 1.24. The Hall–Kier alpha value is -2.04. The van der Waals surface area contributed by atoms with Crippen LogP contribution in [0.15, 0.2) is 24.4 Å². The second-order valence-corrected chi connectivity index (χ2v) is 3.18. The first-order valence-electron chi connectivity index (χ1n) is 4.54. The maximum atomic E-state index is 5.66. The molecule has 5 nitrogen and oxygen atoms in total. The predicted molar refractivity (Wildman–Crippen MR) is 57.1 cm³/mol. The lowest BCUT2D eigenvalue weighted by Crippen LogP contribution is -2.00. The van der Waals surface area contributed by atoms with Crippen molar-refractivity contribution in [1.82, 2.24) is 14.8 Å². The SMILES string of the molecule is COc1cccc(-n2cc(C)c(N)n2)n1. The number of ether oxygens (including phenoxy) is 1. The van der Waals surface area contributed by atoms with Crippen molar-refractivity contribution in [3.05, 3.63) is 30.0 Å². The van der Waals surface area contributed by atoms with Crippen molar-refractivity contribution in [3.8, 4) is 11.7 Å². The molecule has 0 atom stereocenters. The van der Waals surface area contributed by atoms with E-state index in [0.717, 1.165) is 5.56 Å². The zero-order valence-corrected chi connectivity index (χ0v) is 8.64. The molecule has 2 N–H and O–H groups in total. The molecule has 0 aliphatic rings. The van der Waals surface area contributed by atoms with Crippen molar-refractivity contribution in [1.29, 1.82) is 0 Å². The Morgan fingerprint density at radius 2 is 2.20 bits per heavy atom. The lowest BCUT2D eigenvalue weighted by atomic mass is 10.4. The van der Waals surface area contributed by atoms with Gasteiger partial charge in [-0.25, -0.2) is 4.68 Å². The first kappa shape index (κ1) is 9.51. The van der Waals surface area contributed by atoms with Crippen LogP contribution in [0.4, 0.5) is 5.82 Å². The van der Waals surface area contributed by atoms with E-state index in [1.54, 1.807) is 17.9 Å². The maximum absolute atomic E-state index is 5.66. The van der Waals surface area contributed by atoms with Crippen molar-refractivity contribution in [2.75, 3.05) is 12.8 Å². The maximum Gasteiger partial charge on any atom is 0.214 e. The van der Waals surface area contributed by atoms with Gasteiger partial charge < -0.3 is 10.5 Å². The van der Waals surface area contributed by atoms with Crippen molar-refractivity contribution >= 4 is 5.82 Å². The molecule has 0 fully saturated rings. The van der Waals surface area contributed by atoms with Gasteiger partial charge in [0.15, 0.2) is 5.82 Å². The summed E-state index contributed by atoms with van der Waals surface area (Å²) in [6.07, 6.45) is 1.83. The number of aromatic nitrogens is 3. The normalized spacial score (nSPS) is 10.3. The molecule has 0 aliphatic heterocycles. The molecule has 2 aromatic rings. The first-order valence-corrected chi connectivity index (χ1v) is 4.54. The van der Waals surface area contributed by atoms with Gasteiger partial charge in [-0.3, -0.25) is 0 Å². The van der Waals surface area contributed by atoms with Gasteiger partial charge >= 0.3 is 0 Å². The summed E-state index contributed by atoms with van der Waals surface area (Å²) in [6, 6.07) is 5.48. The van der Waals surface area contributed by atoms with Crippen LogP contribution >= 0.6 is 0 Å². The zero-order chi connectivity index (χ0) is 10.8. The second kappa shape index (κ2) is 3.61. The lowest BCUT2D eigenvalue weighted by molar-refractivity contribution is 0.397. The van der Waals surface area contributed by atoms with Crippen molar-refractivity contribution in [2.45, 2.75) is 6.92 Å². The van der Waals surface area contributed by atoms with Crippen LogP contribution in [0.3, 0.4) is 0 Å². The quantitative estimate of drug-likeness (QED) is 0.797. The number of rotatable bonds is 2. The molecule has 0 bridgehead atoms. The van der Waals surface area contributed by atoms with Crippen LogP contribution in [-0.4, -0.2) is 21.9 Å². The zero-order valence-electron chi connectivity index (χ0n) is 8.64. The highest BCUT2D eigenvalue weighted by Gasteiger charge is 2.04. The van der Waals surface area contributed by atoms with E-state index in [-0.39, 0.29) is 0 Å². The standard InChI is InChI=1S/C10H12N4O/c1-7-6-14(13-10(7)11)8-4-3-5-9(12-8)15-2/h3-6H,1-2H3,(H2,11,13). The Morgan fingerprint density at radius 3 is 2.80 bits per heavy atom. The largest absolute Gasteiger partial charge is 0.481 e. The number of pyridine rings is 1. The van der Waals surface area contributed by atoms with Crippen LogP contribution in [0.25, 0.3) is 5.82 Å². The van der Waals surface area contributed by atoms with Crippen LogP contribution in [-0.2, 0) is 0 Å². The number of hydrogen-bond donors (Lipinski definition) is 1. The van der Waals surface area contributed by atoms with Crippen molar-refractivity contribution < 1.29 is 4.74 Å². The predicted octanol–water partition coefficient (Wildman–Crippen LogP) is 1.17. The van der Waals surface area contributed by atoms with Gasteiger partial charge in [0.1, 0.15) is 5.82 Å². The van der Waals surface area contributed by atoms with E-state index < -0.39 is 0 Å². The molecular formula is C10H12N4O. The van der Waals surface area contributed by atoms with Crippen LogP contribution < -0.4 is 10.5 Å². The number of hydrogen-bond acceptors (Lipinski definition) is 4. The van der Waals surface area contributed by atoms with E-state index in [1.165, 1.54) is 0 Å². The highest BCUT2D eigenvalue weighted by atomic mass is 16.5. The Labute approximate surface area is 87.5 Å². The molecule has 2 rings (SSSR count). The highest BCUT2D eigenvalue weighted by Crippen LogP contribution is 2.13. The number of methoxy groups -OCH3 is 1. The molecule has 0 amide bonds. The van der Waals surface area contributed by atoms with E-state index >= 15 is 0 Å². The monoisotopic (exact) mass is 204 g/mol. The van der Waals surface area contributed by atoms with Crippen molar-refractivity contribution in [2.24, 2.45) is 0 Å². The minimum absolute atomic E-state index is 0.514. The van der Waals surface area contributed by atoms with Gasteiger partial charge in [0, 0.05) is 17.8 Å². The summed E-state index contributed by atoms with van der Waals surface area (Å²) in [7, 11) is 1.58. The van der Waals surface area contributed by atoms with E-state index in [4.69, 9.17) is 10.5 Å². The minimum atomic E-state index is 0.514. The van der Waals surface area contributed by atoms with Crippen LogP contribution in [0.5, 0.6) is 5.88 Å². The molecule has 0 aromatic carbocycles. The number of anilines is 1. The highest BCUT2D eigenvalue weighted by molar-refractivity contribution is 5.39. The van der Waals surface area contributed by atoms with Gasteiger partial charge in [0.25, 0.3) is 0 Å². The molecular weight excluding hydrogens is 192 g/mol. The van der Waals surface area contributed by atoms with E-state index in [9.17, 15) is 0 Å². The summed E-state index contributed by atoms with van der Waals surface area (Å²) in [5.41, 5.74) is 6.59. The first-order chi connectivity index (χ1) is 7.20. The third kappa shape index (κ3) is 1.76. The van der Waals surface area contributed by atoms with Crippen molar-refractivity contribution in [3.63, 3.8) is 0 Å². The van der Waals surface area contributed by atoms with Gasteiger partial charge in [-0.1, -0.05) is 6.07 Å². The Bertz CT molecular complexity index is 459. The van der Waals surface area contributed by atoms with Crippen LogP contribution in [0.1, 0.15) is 5.56 Å². The minimum Gasteiger partial charge on any atom is -0.481 e. The van der Waals surface area contributed by atoms with Crippen LogP contribution in [0.2, 0.25) is 0 Å². The summed E-state index contributed by atoms with van der Waals surface area (Å²) in [5, 5.41) is 4.13. The third-order valence-corrected chi connectivity index (χ3v) is 2.09. The molecule has 0 saturated heterocycles. The molecule has 0 unspecified atom stereocenters. The van der Waals surface area contributed by atoms with Crippen LogP contribution in [0, 0.1) is 6.92 Å². The number of nitrogens with zero attached hydrogens (tertiary/aromatic N) is 3. The molecule has 0 radical (unpaired) electrons. The summed E-state index contributed by atoms with van der Waals surface area (Å²) < 4.78 is 6.66. The number of nitrogen functional groups attached to an aromatic ring is 1. The molecule has 0 spiro atoms. The van der Waals surface area contributed by atoms with E-state index in [0.29, 0.717) is 17.5 Å². The second-order valence-electron chi connectivity index (χ2n) is 3.18.